The molecule has 0 saturated heterocycles. The van der Waals surface area contributed by atoms with E-state index in [1.54, 1.807) is 16.2 Å². The van der Waals surface area contributed by atoms with E-state index in [-0.39, 0.29) is 18.4 Å². The van der Waals surface area contributed by atoms with E-state index in [9.17, 15) is 9.59 Å². The Morgan fingerprint density at radius 1 is 1.16 bits per heavy atom. The van der Waals surface area contributed by atoms with Gasteiger partial charge in [0.05, 0.1) is 6.54 Å². The van der Waals surface area contributed by atoms with Crippen molar-refractivity contribution in [3.63, 3.8) is 0 Å². The molecule has 0 spiro atoms. The molecule has 0 fully saturated rings. The van der Waals surface area contributed by atoms with Crippen LogP contribution in [0, 0.1) is 6.92 Å². The normalized spacial score (nSPS) is 10.5. The fraction of sp³-hybridized carbons (Fsp3) is 0.400. The highest BCUT2D eigenvalue weighted by Gasteiger charge is 2.16. The molecule has 0 atom stereocenters. The molecule has 4 nitrogen and oxygen atoms in total. The van der Waals surface area contributed by atoms with Crippen molar-refractivity contribution in [2.24, 2.45) is 0 Å². The van der Waals surface area contributed by atoms with Gasteiger partial charge in [-0.3, -0.25) is 9.59 Å². The van der Waals surface area contributed by atoms with E-state index in [2.05, 4.69) is 16.8 Å². The van der Waals surface area contributed by atoms with Crippen LogP contribution in [-0.4, -0.2) is 29.8 Å². The Balaban J connectivity index is 1.84. The maximum absolute atomic E-state index is 12.5. The molecule has 134 valence electrons. The number of rotatable bonds is 9. The molecule has 1 aromatic heterocycles. The first-order chi connectivity index (χ1) is 12.1. The van der Waals surface area contributed by atoms with E-state index < -0.39 is 0 Å². The summed E-state index contributed by atoms with van der Waals surface area (Å²) in [6.07, 6.45) is 3.06. The van der Waals surface area contributed by atoms with Gasteiger partial charge in [-0.05, 0) is 49.3 Å². The van der Waals surface area contributed by atoms with E-state index in [1.165, 1.54) is 4.88 Å². The molecule has 1 heterocycles. The summed E-state index contributed by atoms with van der Waals surface area (Å²) in [4.78, 5) is 27.7. The Hall–Kier alpha value is -2.14. The lowest BCUT2D eigenvalue weighted by Crippen LogP contribution is -2.38. The molecule has 2 rings (SSSR count). The number of para-hydroxylation sites is 1. The zero-order chi connectivity index (χ0) is 18.1. The summed E-state index contributed by atoms with van der Waals surface area (Å²) in [5.74, 6) is -0.0901. The summed E-state index contributed by atoms with van der Waals surface area (Å²) in [6.45, 7) is 4.69. The van der Waals surface area contributed by atoms with Gasteiger partial charge < -0.3 is 10.2 Å². The number of thiophene rings is 1. The van der Waals surface area contributed by atoms with Crippen molar-refractivity contribution in [3.8, 4) is 0 Å². The molecule has 0 bridgehead atoms. The van der Waals surface area contributed by atoms with Crippen LogP contribution in [0.1, 0.15) is 36.6 Å². The first kappa shape index (κ1) is 19.2. The van der Waals surface area contributed by atoms with Gasteiger partial charge in [0.2, 0.25) is 11.8 Å². The Kier molecular flexibility index (Phi) is 7.67. The molecular formula is C20H26N2O2S. The number of nitrogens with zero attached hydrogens (tertiary/aromatic N) is 1. The number of amides is 2. The SMILES string of the molecule is CCCN(CC(=O)Nc1ccccc1C)C(=O)CCCc1cccs1. The first-order valence-corrected chi connectivity index (χ1v) is 9.63. The van der Waals surface area contributed by atoms with Gasteiger partial charge in [0.1, 0.15) is 0 Å². The molecule has 0 aliphatic heterocycles. The predicted molar refractivity (Wildman–Crippen MR) is 104 cm³/mol. The number of nitrogens with one attached hydrogen (secondary N) is 1. The van der Waals surface area contributed by atoms with Gasteiger partial charge in [-0.2, -0.15) is 0 Å². The Morgan fingerprint density at radius 2 is 1.96 bits per heavy atom. The second kappa shape index (κ2) is 9.99. The molecule has 1 N–H and O–H groups in total. The lowest BCUT2D eigenvalue weighted by molar-refractivity contribution is -0.134. The van der Waals surface area contributed by atoms with Crippen LogP contribution in [0.5, 0.6) is 0 Å². The fourth-order valence-electron chi connectivity index (χ4n) is 2.66. The summed E-state index contributed by atoms with van der Waals surface area (Å²) >= 11 is 1.72. The molecule has 0 unspecified atom stereocenters. The second-order valence-electron chi connectivity index (χ2n) is 6.11. The highest BCUT2D eigenvalue weighted by Crippen LogP contribution is 2.14. The van der Waals surface area contributed by atoms with Gasteiger partial charge in [0, 0.05) is 23.5 Å². The van der Waals surface area contributed by atoms with Crippen LogP contribution in [0.3, 0.4) is 0 Å². The Morgan fingerprint density at radius 3 is 2.64 bits per heavy atom. The molecule has 0 saturated carbocycles. The second-order valence-corrected chi connectivity index (χ2v) is 7.14. The average molecular weight is 359 g/mol. The maximum Gasteiger partial charge on any atom is 0.244 e. The quantitative estimate of drug-likeness (QED) is 0.728. The van der Waals surface area contributed by atoms with Crippen LogP contribution in [0.15, 0.2) is 41.8 Å². The summed E-state index contributed by atoms with van der Waals surface area (Å²) in [6, 6.07) is 11.8. The molecule has 5 heteroatoms. The van der Waals surface area contributed by atoms with Gasteiger partial charge >= 0.3 is 0 Å². The third kappa shape index (κ3) is 6.35. The highest BCUT2D eigenvalue weighted by molar-refractivity contribution is 7.09. The average Bonchev–Trinajstić information content (AvgIpc) is 3.10. The van der Waals surface area contributed by atoms with Crippen LogP contribution in [0.4, 0.5) is 5.69 Å². The molecule has 1 aromatic carbocycles. The number of anilines is 1. The van der Waals surface area contributed by atoms with Crippen molar-refractivity contribution in [2.75, 3.05) is 18.4 Å². The topological polar surface area (TPSA) is 49.4 Å². The van der Waals surface area contributed by atoms with E-state index >= 15 is 0 Å². The monoisotopic (exact) mass is 358 g/mol. The Bertz CT molecular complexity index is 683. The number of hydrogen-bond donors (Lipinski definition) is 1. The number of hydrogen-bond acceptors (Lipinski definition) is 3. The van der Waals surface area contributed by atoms with Gasteiger partial charge in [-0.1, -0.05) is 31.2 Å². The van der Waals surface area contributed by atoms with E-state index in [4.69, 9.17) is 0 Å². The molecular weight excluding hydrogens is 332 g/mol. The fourth-order valence-corrected chi connectivity index (χ4v) is 3.42. The van der Waals surface area contributed by atoms with Gasteiger partial charge in [-0.15, -0.1) is 11.3 Å². The minimum Gasteiger partial charge on any atom is -0.333 e. The zero-order valence-corrected chi connectivity index (χ0v) is 15.8. The van der Waals surface area contributed by atoms with Gasteiger partial charge in [0.25, 0.3) is 0 Å². The van der Waals surface area contributed by atoms with Crippen LogP contribution in [0.2, 0.25) is 0 Å². The molecule has 0 radical (unpaired) electrons. The van der Waals surface area contributed by atoms with Gasteiger partial charge in [0.15, 0.2) is 0 Å². The molecule has 0 aliphatic carbocycles. The summed E-state index contributed by atoms with van der Waals surface area (Å²) in [5, 5.41) is 4.95. The van der Waals surface area contributed by atoms with E-state index in [0.717, 1.165) is 30.5 Å². The number of carbonyl (C=O) groups excluding carboxylic acids is 2. The van der Waals surface area contributed by atoms with E-state index in [0.29, 0.717) is 13.0 Å². The summed E-state index contributed by atoms with van der Waals surface area (Å²) in [5.41, 5.74) is 1.81. The Labute approximate surface area is 153 Å². The first-order valence-electron chi connectivity index (χ1n) is 8.75. The summed E-state index contributed by atoms with van der Waals surface area (Å²) < 4.78 is 0. The van der Waals surface area contributed by atoms with Crippen molar-refractivity contribution in [2.45, 2.75) is 39.5 Å². The minimum atomic E-state index is -0.144. The molecule has 2 aromatic rings. The maximum atomic E-state index is 12.5. The smallest absolute Gasteiger partial charge is 0.244 e. The summed E-state index contributed by atoms with van der Waals surface area (Å²) in [7, 11) is 0. The van der Waals surface area contributed by atoms with Crippen LogP contribution >= 0.6 is 11.3 Å². The molecule has 0 aliphatic rings. The minimum absolute atomic E-state index is 0.0540. The third-order valence-electron chi connectivity index (χ3n) is 3.99. The predicted octanol–water partition coefficient (Wildman–Crippen LogP) is 4.26. The van der Waals surface area contributed by atoms with Crippen molar-refractivity contribution in [1.82, 2.24) is 4.90 Å². The van der Waals surface area contributed by atoms with Crippen molar-refractivity contribution >= 4 is 28.8 Å². The molecule has 2 amide bonds. The van der Waals surface area contributed by atoms with Crippen LogP contribution in [-0.2, 0) is 16.0 Å². The van der Waals surface area contributed by atoms with E-state index in [1.807, 2.05) is 44.2 Å². The standard InChI is InChI=1S/C20H26N2O2S/c1-3-13-22(20(24)12-6-9-17-10-7-14-25-17)15-19(23)21-18-11-5-4-8-16(18)2/h4-5,7-8,10-11,14H,3,6,9,12-13,15H2,1-2H3,(H,21,23). The third-order valence-corrected chi connectivity index (χ3v) is 4.93. The lowest BCUT2D eigenvalue weighted by Gasteiger charge is -2.22. The number of benzene rings is 1. The number of carbonyl (C=O) groups is 2. The van der Waals surface area contributed by atoms with Crippen molar-refractivity contribution in [3.05, 3.63) is 52.2 Å². The highest BCUT2D eigenvalue weighted by atomic mass is 32.1. The molecule has 25 heavy (non-hydrogen) atoms. The van der Waals surface area contributed by atoms with Crippen LogP contribution < -0.4 is 5.32 Å². The van der Waals surface area contributed by atoms with Crippen LogP contribution in [0.25, 0.3) is 0 Å². The van der Waals surface area contributed by atoms with Gasteiger partial charge in [-0.25, -0.2) is 0 Å². The lowest BCUT2D eigenvalue weighted by atomic mass is 10.2. The van der Waals surface area contributed by atoms with Crippen molar-refractivity contribution < 1.29 is 9.59 Å². The van der Waals surface area contributed by atoms with Crippen molar-refractivity contribution in [1.29, 1.82) is 0 Å². The zero-order valence-electron chi connectivity index (χ0n) is 15.0. The largest absolute Gasteiger partial charge is 0.333 e. The number of aryl methyl sites for hydroxylation is 2.